The van der Waals surface area contributed by atoms with Crippen LogP contribution in [0.4, 0.5) is 5.69 Å². The summed E-state index contributed by atoms with van der Waals surface area (Å²) in [4.78, 5) is 25.1. The van der Waals surface area contributed by atoms with Crippen LogP contribution < -0.4 is 21.0 Å². The van der Waals surface area contributed by atoms with Crippen molar-refractivity contribution in [1.29, 1.82) is 0 Å². The molecule has 1 aromatic heterocycles. The van der Waals surface area contributed by atoms with Crippen molar-refractivity contribution in [2.24, 2.45) is 0 Å². The maximum absolute atomic E-state index is 12.6. The van der Waals surface area contributed by atoms with Crippen LogP contribution in [0.15, 0.2) is 82.0 Å². The lowest BCUT2D eigenvalue weighted by Crippen LogP contribution is -2.34. The molecule has 0 unspecified atom stereocenters. The van der Waals surface area contributed by atoms with Gasteiger partial charge < -0.3 is 14.5 Å². The molecule has 0 spiro atoms. The Balaban J connectivity index is 1.48. The van der Waals surface area contributed by atoms with Gasteiger partial charge in [-0.15, -0.1) is 0 Å². The molecule has 0 saturated carbocycles. The van der Waals surface area contributed by atoms with Gasteiger partial charge >= 0.3 is 5.63 Å². The largest absolute Gasteiger partial charge is 0.491 e. The van der Waals surface area contributed by atoms with Crippen LogP contribution in [0.3, 0.4) is 0 Å². The minimum Gasteiger partial charge on any atom is -0.491 e. The van der Waals surface area contributed by atoms with Gasteiger partial charge in [0, 0.05) is 16.6 Å². The zero-order chi connectivity index (χ0) is 24.2. The Labute approximate surface area is 202 Å². The predicted molar refractivity (Wildman–Crippen MR) is 139 cm³/mol. The molecule has 0 aliphatic heterocycles. The molecule has 3 aromatic carbocycles. The summed E-state index contributed by atoms with van der Waals surface area (Å²) in [5, 5.41) is 6.72. The number of anilines is 1. The number of carbonyl (C=O) groups excluding carboxylic acids is 1. The third-order valence-electron chi connectivity index (χ3n) is 5.11. The molecule has 0 bridgehead atoms. The van der Waals surface area contributed by atoms with Gasteiger partial charge in [-0.05, 0) is 86.6 Å². The predicted octanol–water partition coefficient (Wildman–Crippen LogP) is 5.68. The van der Waals surface area contributed by atoms with E-state index in [0.717, 1.165) is 16.5 Å². The number of amides is 1. The second-order valence-corrected chi connectivity index (χ2v) is 8.53. The normalized spacial score (nSPS) is 10.8. The summed E-state index contributed by atoms with van der Waals surface area (Å²) in [6.07, 6.45) is 0.00763. The zero-order valence-corrected chi connectivity index (χ0v) is 19.9. The molecule has 6 nitrogen and oxygen atoms in total. The van der Waals surface area contributed by atoms with Crippen LogP contribution in [0.2, 0.25) is 0 Å². The smallest absolute Gasteiger partial charge is 0.344 e. The van der Waals surface area contributed by atoms with E-state index in [1.807, 2.05) is 57.2 Å². The maximum Gasteiger partial charge on any atom is 0.344 e. The summed E-state index contributed by atoms with van der Waals surface area (Å²) in [5.41, 5.74) is 3.40. The van der Waals surface area contributed by atoms with Crippen molar-refractivity contribution in [2.45, 2.75) is 26.9 Å². The van der Waals surface area contributed by atoms with Crippen LogP contribution >= 0.6 is 12.2 Å². The highest BCUT2D eigenvalue weighted by Gasteiger charge is 2.13. The van der Waals surface area contributed by atoms with Gasteiger partial charge in [-0.25, -0.2) is 4.79 Å². The second-order valence-electron chi connectivity index (χ2n) is 8.12. The summed E-state index contributed by atoms with van der Waals surface area (Å²) < 4.78 is 11.1. The first kappa shape index (κ1) is 23.2. The number of ether oxygens (including phenoxy) is 1. The first-order chi connectivity index (χ1) is 16.3. The highest BCUT2D eigenvalue weighted by molar-refractivity contribution is 7.80. The van der Waals surface area contributed by atoms with E-state index in [1.54, 1.807) is 36.4 Å². The monoisotopic (exact) mass is 472 g/mol. The van der Waals surface area contributed by atoms with Crippen molar-refractivity contribution in [1.82, 2.24) is 5.32 Å². The van der Waals surface area contributed by atoms with E-state index < -0.39 is 5.63 Å². The molecule has 2 N–H and O–H groups in total. The molecule has 1 amide bonds. The number of para-hydroxylation sites is 1. The molecule has 172 valence electrons. The van der Waals surface area contributed by atoms with Crippen molar-refractivity contribution in [3.63, 3.8) is 0 Å². The standard InChI is InChI=1S/C27H24N2O4S/c1-16(2)32-21-9-6-8-19(14-21)25(30)29-27(34)28-20-11-12-22(17(3)13-20)23-15-18-7-4-5-10-24(18)33-26(23)31/h4-16H,1-3H3,(H2,28,29,30,34). The topological polar surface area (TPSA) is 80.6 Å². The third-order valence-corrected chi connectivity index (χ3v) is 5.32. The Hall–Kier alpha value is -3.97. The number of hydrogen-bond acceptors (Lipinski definition) is 5. The van der Waals surface area contributed by atoms with Crippen LogP contribution in [0.1, 0.15) is 29.8 Å². The van der Waals surface area contributed by atoms with E-state index >= 15 is 0 Å². The Kier molecular flexibility index (Phi) is 6.75. The van der Waals surface area contributed by atoms with Gasteiger partial charge in [0.05, 0.1) is 11.7 Å². The van der Waals surface area contributed by atoms with Crippen LogP contribution in [-0.4, -0.2) is 17.1 Å². The first-order valence-electron chi connectivity index (χ1n) is 10.8. The van der Waals surface area contributed by atoms with E-state index in [-0.39, 0.29) is 17.1 Å². The van der Waals surface area contributed by atoms with Gasteiger partial charge in [-0.1, -0.05) is 30.3 Å². The molecule has 4 rings (SSSR count). The first-order valence-corrected chi connectivity index (χ1v) is 11.2. The van der Waals surface area contributed by atoms with E-state index in [0.29, 0.717) is 28.1 Å². The zero-order valence-electron chi connectivity index (χ0n) is 19.0. The highest BCUT2D eigenvalue weighted by Crippen LogP contribution is 2.26. The van der Waals surface area contributed by atoms with Crippen molar-refractivity contribution >= 4 is 39.9 Å². The lowest BCUT2D eigenvalue weighted by molar-refractivity contribution is 0.0977. The maximum atomic E-state index is 12.6. The molecule has 0 aliphatic rings. The Morgan fingerprint density at radius 1 is 0.971 bits per heavy atom. The molecule has 0 saturated heterocycles. The Bertz CT molecular complexity index is 1440. The summed E-state index contributed by atoms with van der Waals surface area (Å²) in [5.74, 6) is 0.278. The van der Waals surface area contributed by atoms with Gasteiger partial charge in [0.1, 0.15) is 11.3 Å². The number of hydrogen-bond donors (Lipinski definition) is 2. The van der Waals surface area contributed by atoms with Gasteiger partial charge in [0.25, 0.3) is 5.91 Å². The third kappa shape index (κ3) is 5.32. The van der Waals surface area contributed by atoms with E-state index in [1.165, 1.54) is 0 Å². The van der Waals surface area contributed by atoms with Gasteiger partial charge in [-0.3, -0.25) is 10.1 Å². The molecule has 0 fully saturated rings. The van der Waals surface area contributed by atoms with Gasteiger partial charge in [-0.2, -0.15) is 0 Å². The lowest BCUT2D eigenvalue weighted by Gasteiger charge is -2.13. The molecule has 1 heterocycles. The van der Waals surface area contributed by atoms with Gasteiger partial charge in [0.15, 0.2) is 5.11 Å². The number of fused-ring (bicyclic) bond motifs is 1. The Morgan fingerprint density at radius 3 is 2.53 bits per heavy atom. The summed E-state index contributed by atoms with van der Waals surface area (Å²) >= 11 is 5.32. The molecule has 4 aromatic rings. The molecule has 0 atom stereocenters. The molecule has 0 aliphatic carbocycles. The fraction of sp³-hybridized carbons (Fsp3) is 0.148. The molecule has 0 radical (unpaired) electrons. The molecule has 34 heavy (non-hydrogen) atoms. The minimum absolute atomic E-state index is 0.00763. The molecular weight excluding hydrogens is 448 g/mol. The number of nitrogens with one attached hydrogen (secondary N) is 2. The van der Waals surface area contributed by atoms with Crippen LogP contribution in [-0.2, 0) is 0 Å². The number of thiocarbonyl (C=S) groups is 1. The fourth-order valence-corrected chi connectivity index (χ4v) is 3.82. The number of aryl methyl sites for hydroxylation is 1. The summed E-state index contributed by atoms with van der Waals surface area (Å²) in [7, 11) is 0. The highest BCUT2D eigenvalue weighted by atomic mass is 32.1. The van der Waals surface area contributed by atoms with Crippen molar-refractivity contribution < 1.29 is 13.9 Å². The SMILES string of the molecule is Cc1cc(NC(=S)NC(=O)c2cccc(OC(C)C)c2)ccc1-c1cc2ccccc2oc1=O. The molecule has 7 heteroatoms. The van der Waals surface area contributed by atoms with E-state index in [4.69, 9.17) is 21.4 Å². The fourth-order valence-electron chi connectivity index (χ4n) is 3.61. The summed E-state index contributed by atoms with van der Waals surface area (Å²) in [6.45, 7) is 5.74. The van der Waals surface area contributed by atoms with Crippen molar-refractivity contribution in [3.8, 4) is 16.9 Å². The average molecular weight is 473 g/mol. The number of carbonyl (C=O) groups is 1. The second kappa shape index (κ2) is 9.89. The van der Waals surface area contributed by atoms with Gasteiger partial charge in [0.2, 0.25) is 0 Å². The van der Waals surface area contributed by atoms with Crippen LogP contribution in [0.5, 0.6) is 5.75 Å². The lowest BCUT2D eigenvalue weighted by atomic mass is 10.0. The van der Waals surface area contributed by atoms with Crippen molar-refractivity contribution in [2.75, 3.05) is 5.32 Å². The Morgan fingerprint density at radius 2 is 1.76 bits per heavy atom. The number of benzene rings is 3. The summed E-state index contributed by atoms with van der Waals surface area (Å²) in [6, 6.07) is 21.6. The van der Waals surface area contributed by atoms with E-state index in [2.05, 4.69) is 10.6 Å². The van der Waals surface area contributed by atoms with Crippen LogP contribution in [0.25, 0.3) is 22.1 Å². The minimum atomic E-state index is -0.394. The average Bonchev–Trinajstić information content (AvgIpc) is 2.78. The van der Waals surface area contributed by atoms with Crippen molar-refractivity contribution in [3.05, 3.63) is 94.3 Å². The quantitative estimate of drug-likeness (QED) is 0.287. The van der Waals surface area contributed by atoms with E-state index in [9.17, 15) is 9.59 Å². The van der Waals surface area contributed by atoms with Crippen LogP contribution in [0, 0.1) is 6.92 Å². The number of rotatable bonds is 5. The molecular formula is C27H24N2O4S.